The fourth-order valence-electron chi connectivity index (χ4n) is 8.15. The van der Waals surface area contributed by atoms with Crippen LogP contribution in [0.15, 0.2) is 176 Å². The molecule has 0 aliphatic heterocycles. The number of fused-ring (bicyclic) bond motifs is 11. The molecule has 0 fully saturated rings. The van der Waals surface area contributed by atoms with Gasteiger partial charge < -0.3 is 4.90 Å². The SMILES string of the molecule is c1ccc(-c2ccc(N(c3ccc4c(ccc5ccccc54)c3)c3cc4sc5ccccc5c4c4ccccc34)c3sc4ccccc4c23)cc1. The van der Waals surface area contributed by atoms with Gasteiger partial charge in [0.2, 0.25) is 0 Å². The highest BCUT2D eigenvalue weighted by Gasteiger charge is 2.24. The predicted molar refractivity (Wildman–Crippen MR) is 225 cm³/mol. The maximum atomic E-state index is 2.53. The molecular formula is C48H29NS2. The van der Waals surface area contributed by atoms with Gasteiger partial charge in [0.05, 0.1) is 16.1 Å². The molecule has 0 saturated carbocycles. The van der Waals surface area contributed by atoms with E-state index in [9.17, 15) is 0 Å². The third-order valence-electron chi connectivity index (χ3n) is 10.4. The first-order valence-corrected chi connectivity index (χ1v) is 19.0. The molecule has 9 aromatic carbocycles. The van der Waals surface area contributed by atoms with E-state index in [0.29, 0.717) is 0 Å². The smallest absolute Gasteiger partial charge is 0.0641 e. The van der Waals surface area contributed by atoms with E-state index in [4.69, 9.17) is 0 Å². The van der Waals surface area contributed by atoms with Crippen molar-refractivity contribution in [2.75, 3.05) is 4.90 Å². The van der Waals surface area contributed by atoms with Crippen molar-refractivity contribution >= 4 is 112 Å². The van der Waals surface area contributed by atoms with Crippen molar-refractivity contribution in [3.05, 3.63) is 176 Å². The number of benzene rings is 9. The van der Waals surface area contributed by atoms with E-state index in [2.05, 4.69) is 181 Å². The number of anilines is 3. The van der Waals surface area contributed by atoms with Crippen LogP contribution in [-0.4, -0.2) is 0 Å². The summed E-state index contributed by atoms with van der Waals surface area (Å²) < 4.78 is 5.21. The maximum Gasteiger partial charge on any atom is 0.0641 e. The summed E-state index contributed by atoms with van der Waals surface area (Å²) in [5.41, 5.74) is 6.03. The van der Waals surface area contributed by atoms with Gasteiger partial charge in [0.25, 0.3) is 0 Å². The van der Waals surface area contributed by atoms with Crippen LogP contribution in [0.2, 0.25) is 0 Å². The molecule has 2 heterocycles. The Balaban J connectivity index is 1.27. The van der Waals surface area contributed by atoms with Crippen molar-refractivity contribution in [3.63, 3.8) is 0 Å². The zero-order valence-corrected chi connectivity index (χ0v) is 29.1. The summed E-state index contributed by atoms with van der Waals surface area (Å²) in [5.74, 6) is 0. The molecule has 0 atom stereocenters. The Bertz CT molecular complexity index is 3150. The first-order valence-electron chi connectivity index (χ1n) is 17.3. The van der Waals surface area contributed by atoms with Crippen LogP contribution in [0.1, 0.15) is 0 Å². The van der Waals surface area contributed by atoms with Gasteiger partial charge in [-0.25, -0.2) is 0 Å². The third-order valence-corrected chi connectivity index (χ3v) is 12.7. The Labute approximate surface area is 302 Å². The Hall–Kier alpha value is -6.00. The molecule has 238 valence electrons. The molecule has 3 heteroatoms. The average molecular weight is 684 g/mol. The second kappa shape index (κ2) is 11.3. The molecule has 0 spiro atoms. The predicted octanol–water partition coefficient (Wildman–Crippen LogP) is 15.0. The van der Waals surface area contributed by atoms with Crippen molar-refractivity contribution in [2.24, 2.45) is 0 Å². The van der Waals surface area contributed by atoms with Crippen molar-refractivity contribution in [3.8, 4) is 11.1 Å². The lowest BCUT2D eigenvalue weighted by Gasteiger charge is -2.28. The molecule has 0 bridgehead atoms. The van der Waals surface area contributed by atoms with Gasteiger partial charge in [0, 0.05) is 46.7 Å². The van der Waals surface area contributed by atoms with Crippen LogP contribution in [0.3, 0.4) is 0 Å². The van der Waals surface area contributed by atoms with E-state index in [1.807, 2.05) is 22.7 Å². The van der Waals surface area contributed by atoms with E-state index in [1.165, 1.54) is 95.2 Å². The third kappa shape index (κ3) is 4.39. The highest BCUT2D eigenvalue weighted by Crippen LogP contribution is 2.51. The lowest BCUT2D eigenvalue weighted by molar-refractivity contribution is 1.33. The van der Waals surface area contributed by atoms with Crippen LogP contribution in [-0.2, 0) is 0 Å². The van der Waals surface area contributed by atoms with Crippen LogP contribution < -0.4 is 4.90 Å². The summed E-state index contributed by atoms with van der Waals surface area (Å²) in [4.78, 5) is 2.53. The van der Waals surface area contributed by atoms with Gasteiger partial charge >= 0.3 is 0 Å². The molecule has 0 aliphatic rings. The Morgan fingerprint density at radius 2 is 0.980 bits per heavy atom. The topological polar surface area (TPSA) is 3.24 Å². The zero-order valence-electron chi connectivity index (χ0n) is 27.5. The van der Waals surface area contributed by atoms with Crippen molar-refractivity contribution < 1.29 is 0 Å². The Morgan fingerprint density at radius 1 is 0.353 bits per heavy atom. The molecule has 51 heavy (non-hydrogen) atoms. The summed E-state index contributed by atoms with van der Waals surface area (Å²) >= 11 is 3.78. The van der Waals surface area contributed by atoms with Crippen LogP contribution in [0, 0.1) is 0 Å². The minimum Gasteiger partial charge on any atom is -0.308 e. The molecule has 11 aromatic rings. The summed E-state index contributed by atoms with van der Waals surface area (Å²) in [6, 6.07) is 64.9. The lowest BCUT2D eigenvalue weighted by atomic mass is 9.97. The molecule has 0 unspecified atom stereocenters. The molecule has 2 aromatic heterocycles. The molecule has 11 rings (SSSR count). The van der Waals surface area contributed by atoms with E-state index < -0.39 is 0 Å². The number of hydrogen-bond donors (Lipinski definition) is 0. The average Bonchev–Trinajstić information content (AvgIpc) is 3.77. The molecule has 0 N–H and O–H groups in total. The molecule has 0 saturated heterocycles. The summed E-state index contributed by atoms with van der Waals surface area (Å²) in [6.07, 6.45) is 0. The second-order valence-electron chi connectivity index (χ2n) is 13.2. The van der Waals surface area contributed by atoms with E-state index in [-0.39, 0.29) is 0 Å². The van der Waals surface area contributed by atoms with Gasteiger partial charge in [-0.2, -0.15) is 0 Å². The molecule has 0 radical (unpaired) electrons. The van der Waals surface area contributed by atoms with Gasteiger partial charge in [0.1, 0.15) is 0 Å². The van der Waals surface area contributed by atoms with E-state index in [1.54, 1.807) is 0 Å². The minimum atomic E-state index is 1.15. The fourth-order valence-corrected chi connectivity index (χ4v) is 10.5. The fraction of sp³-hybridized carbons (Fsp3) is 0. The molecule has 0 aliphatic carbocycles. The quantitative estimate of drug-likeness (QED) is 0.167. The van der Waals surface area contributed by atoms with Crippen molar-refractivity contribution in [1.82, 2.24) is 0 Å². The number of rotatable bonds is 4. The second-order valence-corrected chi connectivity index (χ2v) is 15.4. The molecule has 1 nitrogen and oxygen atoms in total. The van der Waals surface area contributed by atoms with Gasteiger partial charge in [-0.15, -0.1) is 22.7 Å². The number of nitrogens with zero attached hydrogens (tertiary/aromatic N) is 1. The van der Waals surface area contributed by atoms with E-state index >= 15 is 0 Å². The lowest BCUT2D eigenvalue weighted by Crippen LogP contribution is -2.11. The zero-order chi connectivity index (χ0) is 33.5. The first-order chi connectivity index (χ1) is 25.3. The maximum absolute atomic E-state index is 2.53. The standard InChI is InChI=1S/C48H29NS2/c1-2-12-30(13-3-1)36-26-27-41(48-47(36)40-19-9-11-21-44(40)51-48)49(33-24-25-35-32(28-33)23-22-31-14-4-5-15-34(31)35)42-29-45-46(38-17-7-6-16-37(38)42)39-18-8-10-20-43(39)50-45/h1-29H. The van der Waals surface area contributed by atoms with E-state index in [0.717, 1.165) is 5.69 Å². The van der Waals surface area contributed by atoms with Crippen LogP contribution in [0.4, 0.5) is 17.1 Å². The highest BCUT2D eigenvalue weighted by atomic mass is 32.1. The molecule has 0 amide bonds. The summed E-state index contributed by atoms with van der Waals surface area (Å²) in [5, 5.41) is 12.8. The Kier molecular flexibility index (Phi) is 6.36. The van der Waals surface area contributed by atoms with Gasteiger partial charge in [-0.3, -0.25) is 0 Å². The monoisotopic (exact) mass is 683 g/mol. The van der Waals surface area contributed by atoms with Crippen LogP contribution in [0.5, 0.6) is 0 Å². The number of thiophene rings is 2. The van der Waals surface area contributed by atoms with Crippen LogP contribution >= 0.6 is 22.7 Å². The molecular weight excluding hydrogens is 655 g/mol. The largest absolute Gasteiger partial charge is 0.308 e. The van der Waals surface area contributed by atoms with Crippen LogP contribution in [0.25, 0.3) is 83.8 Å². The Morgan fingerprint density at radius 3 is 1.80 bits per heavy atom. The summed E-state index contributed by atoms with van der Waals surface area (Å²) in [7, 11) is 0. The van der Waals surface area contributed by atoms with Gasteiger partial charge in [-0.1, -0.05) is 140 Å². The summed E-state index contributed by atoms with van der Waals surface area (Å²) in [6.45, 7) is 0. The van der Waals surface area contributed by atoms with Gasteiger partial charge in [-0.05, 0) is 74.5 Å². The normalized spacial score (nSPS) is 11.9. The van der Waals surface area contributed by atoms with Crippen molar-refractivity contribution in [2.45, 2.75) is 0 Å². The highest BCUT2D eigenvalue weighted by molar-refractivity contribution is 7.26. The minimum absolute atomic E-state index is 1.15. The number of hydrogen-bond acceptors (Lipinski definition) is 3. The van der Waals surface area contributed by atoms with Crippen molar-refractivity contribution in [1.29, 1.82) is 0 Å². The van der Waals surface area contributed by atoms with Gasteiger partial charge in [0.15, 0.2) is 0 Å². The first kappa shape index (κ1) is 28.8.